The zero-order chi connectivity index (χ0) is 19.2. The van der Waals surface area contributed by atoms with Crippen LogP contribution < -0.4 is 16.0 Å². The molecule has 6 heteroatoms. The van der Waals surface area contributed by atoms with Crippen molar-refractivity contribution in [3.63, 3.8) is 0 Å². The quantitative estimate of drug-likeness (QED) is 0.613. The minimum absolute atomic E-state index is 0.147. The molecule has 0 aliphatic heterocycles. The average molecular weight is 363 g/mol. The third kappa shape index (κ3) is 4.76. The predicted molar refractivity (Wildman–Crippen MR) is 106 cm³/mol. The molecule has 138 valence electrons. The summed E-state index contributed by atoms with van der Waals surface area (Å²) in [7, 11) is 0. The maximum absolute atomic E-state index is 12.3. The van der Waals surface area contributed by atoms with Crippen LogP contribution in [0.5, 0.6) is 0 Å². The van der Waals surface area contributed by atoms with Crippen molar-refractivity contribution in [1.82, 2.24) is 0 Å². The third-order valence-electron chi connectivity index (χ3n) is 4.06. The molecule has 3 N–H and O–H groups in total. The molecule has 0 radical (unpaired) electrons. The van der Waals surface area contributed by atoms with Gasteiger partial charge in [-0.3, -0.25) is 9.59 Å². The first-order chi connectivity index (χ1) is 13.0. The first-order valence-electron chi connectivity index (χ1n) is 8.58. The molecule has 0 aliphatic rings. The lowest BCUT2D eigenvalue weighted by molar-refractivity contribution is -0.114. The van der Waals surface area contributed by atoms with Gasteiger partial charge >= 0.3 is 0 Å². The fourth-order valence-corrected chi connectivity index (χ4v) is 2.74. The van der Waals surface area contributed by atoms with E-state index in [0.717, 1.165) is 16.8 Å². The Kier molecular flexibility index (Phi) is 5.56. The Hall–Kier alpha value is -3.54. The molecule has 0 bridgehead atoms. The van der Waals surface area contributed by atoms with Crippen molar-refractivity contribution >= 4 is 28.9 Å². The lowest BCUT2D eigenvalue weighted by Crippen LogP contribution is -2.22. The summed E-state index contributed by atoms with van der Waals surface area (Å²) in [5.41, 5.74) is 4.31. The number of aryl methyl sites for hydroxylation is 2. The van der Waals surface area contributed by atoms with Crippen LogP contribution in [0.4, 0.5) is 17.1 Å². The van der Waals surface area contributed by atoms with Crippen molar-refractivity contribution in [2.75, 3.05) is 22.5 Å². The van der Waals surface area contributed by atoms with Gasteiger partial charge < -0.3 is 20.4 Å². The second-order valence-electron chi connectivity index (χ2n) is 6.18. The van der Waals surface area contributed by atoms with E-state index in [2.05, 4.69) is 16.0 Å². The van der Waals surface area contributed by atoms with Gasteiger partial charge in [0.25, 0.3) is 5.91 Å². The van der Waals surface area contributed by atoms with Crippen molar-refractivity contribution in [3.05, 3.63) is 77.7 Å². The normalized spacial score (nSPS) is 10.3. The van der Waals surface area contributed by atoms with E-state index in [1.165, 1.54) is 6.26 Å². The Morgan fingerprint density at radius 3 is 2.22 bits per heavy atom. The number of anilines is 3. The number of para-hydroxylation sites is 1. The number of furan rings is 1. The molecule has 6 nitrogen and oxygen atoms in total. The summed E-state index contributed by atoms with van der Waals surface area (Å²) in [6.45, 7) is 4.14. The van der Waals surface area contributed by atoms with Crippen LogP contribution in [0, 0.1) is 13.8 Å². The fraction of sp³-hybridized carbons (Fsp3) is 0.143. The molecule has 0 atom stereocenters. The number of carbonyl (C=O) groups is 2. The molecule has 0 unspecified atom stereocenters. The number of carbonyl (C=O) groups excluding carboxylic acids is 2. The third-order valence-corrected chi connectivity index (χ3v) is 4.06. The van der Waals surface area contributed by atoms with E-state index in [9.17, 15) is 9.59 Å². The van der Waals surface area contributed by atoms with Gasteiger partial charge in [0.15, 0.2) is 5.76 Å². The van der Waals surface area contributed by atoms with Crippen LogP contribution in [-0.2, 0) is 4.79 Å². The molecule has 0 saturated heterocycles. The minimum atomic E-state index is -0.347. The van der Waals surface area contributed by atoms with Crippen molar-refractivity contribution in [3.8, 4) is 0 Å². The molecular weight excluding hydrogens is 342 g/mol. The second-order valence-corrected chi connectivity index (χ2v) is 6.18. The number of rotatable bonds is 6. The van der Waals surface area contributed by atoms with Crippen LogP contribution in [0.3, 0.4) is 0 Å². The van der Waals surface area contributed by atoms with Crippen LogP contribution in [0.25, 0.3) is 0 Å². The Bertz CT molecular complexity index is 929. The van der Waals surface area contributed by atoms with Crippen molar-refractivity contribution in [1.29, 1.82) is 0 Å². The van der Waals surface area contributed by atoms with Crippen molar-refractivity contribution < 1.29 is 14.0 Å². The van der Waals surface area contributed by atoms with Crippen LogP contribution >= 0.6 is 0 Å². The first-order valence-corrected chi connectivity index (χ1v) is 8.58. The molecule has 27 heavy (non-hydrogen) atoms. The van der Waals surface area contributed by atoms with Gasteiger partial charge in [0.1, 0.15) is 0 Å². The minimum Gasteiger partial charge on any atom is -0.459 e. The van der Waals surface area contributed by atoms with Gasteiger partial charge in [-0.2, -0.15) is 0 Å². The molecule has 0 aliphatic carbocycles. The van der Waals surface area contributed by atoms with Crippen molar-refractivity contribution in [2.45, 2.75) is 13.8 Å². The molecule has 0 spiro atoms. The highest BCUT2D eigenvalue weighted by molar-refractivity contribution is 6.02. The number of hydrogen-bond acceptors (Lipinski definition) is 4. The summed E-state index contributed by atoms with van der Waals surface area (Å²) in [6, 6.07) is 16.2. The van der Waals surface area contributed by atoms with Crippen LogP contribution in [0.15, 0.2) is 65.3 Å². The molecular formula is C21H21N3O3. The predicted octanol–water partition coefficient (Wildman–Crippen LogP) is 4.20. The molecule has 0 fully saturated rings. The summed E-state index contributed by atoms with van der Waals surface area (Å²) in [5.74, 6) is -0.297. The highest BCUT2D eigenvalue weighted by atomic mass is 16.3. The average Bonchev–Trinajstić information content (AvgIpc) is 3.16. The fourth-order valence-electron chi connectivity index (χ4n) is 2.74. The van der Waals surface area contributed by atoms with Gasteiger partial charge in [0.05, 0.1) is 12.8 Å². The first kappa shape index (κ1) is 18.3. The number of benzene rings is 2. The van der Waals surface area contributed by atoms with Crippen LogP contribution in [-0.4, -0.2) is 18.4 Å². The Morgan fingerprint density at radius 2 is 1.56 bits per heavy atom. The van der Waals surface area contributed by atoms with Gasteiger partial charge in [0.2, 0.25) is 5.91 Å². The van der Waals surface area contributed by atoms with Gasteiger partial charge in [-0.15, -0.1) is 0 Å². The van der Waals surface area contributed by atoms with Gasteiger partial charge in [-0.25, -0.2) is 0 Å². The standard InChI is InChI=1S/C21H21N3O3/c1-14-6-3-7-15(2)20(14)22-13-19(25)23-16-8-4-9-17(12-16)24-21(26)18-10-5-11-27-18/h3-12,22H,13H2,1-2H3,(H,23,25)(H,24,26). The summed E-state index contributed by atoms with van der Waals surface area (Å²) >= 11 is 0. The Morgan fingerprint density at radius 1 is 0.889 bits per heavy atom. The van der Waals surface area contributed by atoms with Gasteiger partial charge in [0, 0.05) is 17.1 Å². The summed E-state index contributed by atoms with van der Waals surface area (Å²) in [5, 5.41) is 8.73. The molecule has 2 aromatic carbocycles. The smallest absolute Gasteiger partial charge is 0.291 e. The SMILES string of the molecule is Cc1cccc(C)c1NCC(=O)Nc1cccc(NC(=O)c2ccco2)c1. The van der Waals surface area contributed by atoms with E-state index < -0.39 is 0 Å². The maximum atomic E-state index is 12.3. The van der Waals surface area contributed by atoms with Gasteiger partial charge in [-0.05, 0) is 55.3 Å². The van der Waals surface area contributed by atoms with Gasteiger partial charge in [-0.1, -0.05) is 24.3 Å². The number of amides is 2. The lowest BCUT2D eigenvalue weighted by Gasteiger charge is -2.13. The molecule has 2 amide bonds. The van der Waals surface area contributed by atoms with Crippen molar-refractivity contribution in [2.24, 2.45) is 0 Å². The monoisotopic (exact) mass is 363 g/mol. The van der Waals surface area contributed by atoms with Crippen LogP contribution in [0.1, 0.15) is 21.7 Å². The van der Waals surface area contributed by atoms with E-state index in [1.807, 2.05) is 32.0 Å². The van der Waals surface area contributed by atoms with E-state index in [0.29, 0.717) is 11.4 Å². The topological polar surface area (TPSA) is 83.4 Å². The summed E-state index contributed by atoms with van der Waals surface area (Å²) < 4.78 is 5.07. The summed E-state index contributed by atoms with van der Waals surface area (Å²) in [6.07, 6.45) is 1.44. The molecule has 3 rings (SSSR count). The van der Waals surface area contributed by atoms with Crippen LogP contribution in [0.2, 0.25) is 0 Å². The lowest BCUT2D eigenvalue weighted by atomic mass is 10.1. The van der Waals surface area contributed by atoms with E-state index in [4.69, 9.17) is 4.42 Å². The molecule has 0 saturated carbocycles. The zero-order valence-electron chi connectivity index (χ0n) is 15.2. The highest BCUT2D eigenvalue weighted by Gasteiger charge is 2.10. The van der Waals surface area contributed by atoms with E-state index in [1.54, 1.807) is 36.4 Å². The largest absolute Gasteiger partial charge is 0.459 e. The summed E-state index contributed by atoms with van der Waals surface area (Å²) in [4.78, 5) is 24.3. The van der Waals surface area contributed by atoms with E-state index in [-0.39, 0.29) is 24.1 Å². The molecule has 1 aromatic heterocycles. The maximum Gasteiger partial charge on any atom is 0.291 e. The Labute approximate surface area is 157 Å². The molecule has 1 heterocycles. The highest BCUT2D eigenvalue weighted by Crippen LogP contribution is 2.19. The Balaban J connectivity index is 1.59. The number of nitrogens with one attached hydrogen (secondary N) is 3. The number of hydrogen-bond donors (Lipinski definition) is 3. The van der Waals surface area contributed by atoms with E-state index >= 15 is 0 Å². The second kappa shape index (κ2) is 8.23. The molecule has 3 aromatic rings. The zero-order valence-corrected chi connectivity index (χ0v) is 15.2.